The smallest absolute Gasteiger partial charge is 0.231 e. The Labute approximate surface area is 200 Å². The number of hydrogen-bond donors (Lipinski definition) is 3. The van der Waals surface area contributed by atoms with E-state index in [1.807, 2.05) is 43.3 Å². The van der Waals surface area contributed by atoms with Gasteiger partial charge in [-0.2, -0.15) is 4.98 Å². The molecule has 9 nitrogen and oxygen atoms in total. The topological polar surface area (TPSA) is 113 Å². The molecule has 3 N–H and O–H groups in total. The Morgan fingerprint density at radius 3 is 2.65 bits per heavy atom. The summed E-state index contributed by atoms with van der Waals surface area (Å²) in [6.45, 7) is 3.19. The number of nitrogens with one attached hydrogen (secondary N) is 1. The lowest BCUT2D eigenvalue weighted by atomic mass is 10.1. The van der Waals surface area contributed by atoms with Crippen molar-refractivity contribution in [1.82, 2.24) is 15.0 Å². The van der Waals surface area contributed by atoms with Crippen molar-refractivity contribution in [1.29, 1.82) is 0 Å². The average molecular weight is 480 g/mol. The molecule has 1 aromatic carbocycles. The Kier molecular flexibility index (Phi) is 6.43. The minimum atomic E-state index is -0.0652. The zero-order valence-corrected chi connectivity index (χ0v) is 19.5. The van der Waals surface area contributed by atoms with Gasteiger partial charge in [-0.3, -0.25) is 4.98 Å². The van der Waals surface area contributed by atoms with Crippen molar-refractivity contribution in [2.75, 3.05) is 43.3 Å². The number of fused-ring (bicyclic) bond motifs is 2. The van der Waals surface area contributed by atoms with Crippen molar-refractivity contribution in [2.45, 2.75) is 13.5 Å². The Balaban J connectivity index is 1.59. The Morgan fingerprint density at radius 2 is 1.85 bits per heavy atom. The standard InChI is InChI=1S/C24H25N5O4S/c1-15-3-2-4-17(26-15)12-25-22-21-18(16-5-6-19-20(11-16)33-14-32-19)13-34-23(21)28-24(27-22)29(7-9-30)8-10-31/h2-6,11,13,30-31H,7-10,12,14H2,1H3,(H,25,27,28). The first kappa shape index (κ1) is 22.3. The van der Waals surface area contributed by atoms with Gasteiger partial charge in [0.1, 0.15) is 10.6 Å². The lowest BCUT2D eigenvalue weighted by molar-refractivity contribution is 0.174. The summed E-state index contributed by atoms with van der Waals surface area (Å²) in [5.41, 5.74) is 3.81. The Bertz CT molecular complexity index is 1310. The number of hydrogen-bond acceptors (Lipinski definition) is 10. The minimum Gasteiger partial charge on any atom is -0.454 e. The van der Waals surface area contributed by atoms with Crippen LogP contribution in [0.25, 0.3) is 21.3 Å². The summed E-state index contributed by atoms with van der Waals surface area (Å²) in [4.78, 5) is 16.7. The van der Waals surface area contributed by atoms with E-state index in [-0.39, 0.29) is 20.0 Å². The molecule has 0 saturated carbocycles. The molecule has 0 amide bonds. The number of thiophene rings is 1. The summed E-state index contributed by atoms with van der Waals surface area (Å²) >= 11 is 1.52. The first-order valence-electron chi connectivity index (χ1n) is 11.0. The second kappa shape index (κ2) is 9.80. The highest BCUT2D eigenvalue weighted by atomic mass is 32.1. The number of aromatic nitrogens is 3. The summed E-state index contributed by atoms with van der Waals surface area (Å²) in [7, 11) is 0. The third kappa shape index (κ3) is 4.47. The van der Waals surface area contributed by atoms with E-state index < -0.39 is 0 Å². The van der Waals surface area contributed by atoms with Gasteiger partial charge in [0.25, 0.3) is 0 Å². The molecule has 10 heteroatoms. The molecule has 0 atom stereocenters. The fourth-order valence-corrected chi connectivity index (χ4v) is 4.84. The van der Waals surface area contributed by atoms with Crippen LogP contribution in [0.4, 0.5) is 11.8 Å². The zero-order chi connectivity index (χ0) is 23.5. The van der Waals surface area contributed by atoms with Crippen molar-refractivity contribution >= 4 is 33.3 Å². The molecule has 0 fully saturated rings. The summed E-state index contributed by atoms with van der Waals surface area (Å²) in [6.07, 6.45) is 0. The van der Waals surface area contributed by atoms with E-state index in [0.717, 1.165) is 38.5 Å². The Morgan fingerprint density at radius 1 is 1.03 bits per heavy atom. The number of anilines is 2. The van der Waals surface area contributed by atoms with Crippen LogP contribution in [0.15, 0.2) is 41.8 Å². The van der Waals surface area contributed by atoms with Gasteiger partial charge in [0.2, 0.25) is 12.7 Å². The number of pyridine rings is 1. The molecule has 0 unspecified atom stereocenters. The molecule has 1 aliphatic rings. The lowest BCUT2D eigenvalue weighted by Crippen LogP contribution is -2.31. The van der Waals surface area contributed by atoms with Gasteiger partial charge >= 0.3 is 0 Å². The van der Waals surface area contributed by atoms with Crippen LogP contribution in [0.3, 0.4) is 0 Å². The maximum Gasteiger partial charge on any atom is 0.231 e. The summed E-state index contributed by atoms with van der Waals surface area (Å²) < 4.78 is 11.0. The largest absolute Gasteiger partial charge is 0.454 e. The number of benzene rings is 1. The molecule has 4 heterocycles. The number of rotatable bonds is 9. The molecular formula is C24H25N5O4S. The first-order valence-corrected chi connectivity index (χ1v) is 11.9. The summed E-state index contributed by atoms with van der Waals surface area (Å²) in [6, 6.07) is 11.8. The monoisotopic (exact) mass is 479 g/mol. The van der Waals surface area contributed by atoms with E-state index in [0.29, 0.717) is 37.1 Å². The molecule has 0 aliphatic carbocycles. The van der Waals surface area contributed by atoms with Gasteiger partial charge in [-0.15, -0.1) is 11.3 Å². The number of aliphatic hydroxyl groups excluding tert-OH is 2. The molecule has 5 rings (SSSR count). The molecule has 0 saturated heterocycles. The average Bonchev–Trinajstić information content (AvgIpc) is 3.49. The Hall–Kier alpha value is -3.47. The van der Waals surface area contributed by atoms with Crippen LogP contribution in [0.2, 0.25) is 0 Å². The summed E-state index contributed by atoms with van der Waals surface area (Å²) in [5, 5.41) is 25.4. The van der Waals surface area contributed by atoms with Gasteiger partial charge in [-0.1, -0.05) is 12.1 Å². The number of ether oxygens (including phenoxy) is 2. The van der Waals surface area contributed by atoms with Gasteiger partial charge in [0.05, 0.1) is 30.8 Å². The van der Waals surface area contributed by atoms with Crippen LogP contribution in [-0.4, -0.2) is 58.3 Å². The van der Waals surface area contributed by atoms with Crippen LogP contribution in [0.5, 0.6) is 11.5 Å². The fourth-order valence-electron chi connectivity index (χ4n) is 3.90. The van der Waals surface area contributed by atoms with E-state index in [2.05, 4.69) is 15.7 Å². The maximum atomic E-state index is 9.49. The van der Waals surface area contributed by atoms with E-state index in [9.17, 15) is 10.2 Å². The highest BCUT2D eigenvalue weighted by Crippen LogP contribution is 2.42. The lowest BCUT2D eigenvalue weighted by Gasteiger charge is -2.21. The van der Waals surface area contributed by atoms with Crippen LogP contribution in [0, 0.1) is 6.92 Å². The quantitative estimate of drug-likeness (QED) is 0.333. The molecule has 176 valence electrons. The number of aryl methyl sites for hydroxylation is 1. The van der Waals surface area contributed by atoms with Crippen LogP contribution in [-0.2, 0) is 6.54 Å². The van der Waals surface area contributed by atoms with Gasteiger partial charge in [-0.25, -0.2) is 4.98 Å². The van der Waals surface area contributed by atoms with Gasteiger partial charge in [-0.05, 0) is 36.8 Å². The second-order valence-corrected chi connectivity index (χ2v) is 8.69. The van der Waals surface area contributed by atoms with Crippen molar-refractivity contribution in [2.24, 2.45) is 0 Å². The molecule has 3 aromatic heterocycles. The normalized spacial score (nSPS) is 12.3. The van der Waals surface area contributed by atoms with Crippen LogP contribution >= 0.6 is 11.3 Å². The van der Waals surface area contributed by atoms with Crippen molar-refractivity contribution in [3.05, 3.63) is 53.2 Å². The number of aliphatic hydroxyl groups is 2. The van der Waals surface area contributed by atoms with Gasteiger partial charge < -0.3 is 29.9 Å². The second-order valence-electron chi connectivity index (χ2n) is 7.83. The minimum absolute atomic E-state index is 0.0652. The fraction of sp³-hybridized carbons (Fsp3) is 0.292. The maximum absolute atomic E-state index is 9.49. The van der Waals surface area contributed by atoms with Crippen molar-refractivity contribution in [3.8, 4) is 22.6 Å². The van der Waals surface area contributed by atoms with Crippen LogP contribution < -0.4 is 19.7 Å². The zero-order valence-electron chi connectivity index (χ0n) is 18.7. The van der Waals surface area contributed by atoms with Gasteiger partial charge in [0.15, 0.2) is 11.5 Å². The predicted molar refractivity (Wildman–Crippen MR) is 132 cm³/mol. The van der Waals surface area contributed by atoms with Crippen LogP contribution in [0.1, 0.15) is 11.4 Å². The third-order valence-corrected chi connectivity index (χ3v) is 6.38. The first-order chi connectivity index (χ1) is 16.7. The van der Waals surface area contributed by atoms with Gasteiger partial charge in [0, 0.05) is 29.7 Å². The molecule has 4 aromatic rings. The van der Waals surface area contributed by atoms with E-state index >= 15 is 0 Å². The third-order valence-electron chi connectivity index (χ3n) is 5.51. The van der Waals surface area contributed by atoms with Crippen molar-refractivity contribution in [3.63, 3.8) is 0 Å². The SMILES string of the molecule is Cc1cccc(CNc2nc(N(CCO)CCO)nc3scc(-c4ccc5c(c4)OCO5)c23)n1. The molecule has 34 heavy (non-hydrogen) atoms. The molecular weight excluding hydrogens is 454 g/mol. The van der Waals surface area contributed by atoms with E-state index in [1.165, 1.54) is 11.3 Å². The van der Waals surface area contributed by atoms with E-state index in [4.69, 9.17) is 19.4 Å². The highest BCUT2D eigenvalue weighted by molar-refractivity contribution is 7.17. The molecule has 0 radical (unpaired) electrons. The predicted octanol–water partition coefficient (Wildman–Crippen LogP) is 3.19. The van der Waals surface area contributed by atoms with E-state index in [1.54, 1.807) is 4.90 Å². The highest BCUT2D eigenvalue weighted by Gasteiger charge is 2.20. The molecule has 0 spiro atoms. The summed E-state index contributed by atoms with van der Waals surface area (Å²) in [5.74, 6) is 2.56. The number of nitrogens with zero attached hydrogens (tertiary/aromatic N) is 4. The molecule has 0 bridgehead atoms. The van der Waals surface area contributed by atoms with Crippen molar-refractivity contribution < 1.29 is 19.7 Å². The molecule has 1 aliphatic heterocycles.